The monoisotopic (exact) mass is 399 g/mol. The van der Waals surface area contributed by atoms with E-state index >= 15 is 0 Å². The number of nitrogens with two attached hydrogens (primary N) is 1. The number of hydrogen-bond donors (Lipinski definition) is 1. The molecule has 0 unspecified atom stereocenters. The van der Waals surface area contributed by atoms with Gasteiger partial charge in [-0.05, 0) is 42.0 Å². The van der Waals surface area contributed by atoms with E-state index in [1.54, 1.807) is 23.1 Å². The summed E-state index contributed by atoms with van der Waals surface area (Å²) in [5.41, 5.74) is 6.79. The van der Waals surface area contributed by atoms with Crippen LogP contribution in [0.2, 0.25) is 0 Å². The second-order valence-corrected chi connectivity index (χ2v) is 6.61. The van der Waals surface area contributed by atoms with Crippen molar-refractivity contribution < 1.29 is 23.0 Å². The number of aliphatic imine (C=N–C) groups is 1. The van der Waals surface area contributed by atoms with Gasteiger partial charge in [0.15, 0.2) is 5.96 Å². The maximum atomic E-state index is 14.3. The van der Waals surface area contributed by atoms with Crippen LogP contribution >= 0.6 is 0 Å². The molecule has 2 aromatic rings. The molecule has 0 saturated carbocycles. The zero-order valence-corrected chi connectivity index (χ0v) is 15.5. The summed E-state index contributed by atoms with van der Waals surface area (Å²) in [4.78, 5) is 18.4. The first kappa shape index (κ1) is 19.1. The van der Waals surface area contributed by atoms with E-state index in [9.17, 15) is 13.6 Å². The molecule has 2 heterocycles. The van der Waals surface area contributed by atoms with Crippen LogP contribution in [-0.2, 0) is 4.74 Å². The molecule has 2 aliphatic heterocycles. The normalized spacial score (nSPS) is 16.7. The van der Waals surface area contributed by atoms with E-state index in [2.05, 4.69) is 4.99 Å². The van der Waals surface area contributed by atoms with Gasteiger partial charge in [0.1, 0.15) is 24.0 Å². The molecule has 0 bridgehead atoms. The van der Waals surface area contributed by atoms with Gasteiger partial charge in [-0.2, -0.15) is 4.99 Å². The third-order valence-electron chi connectivity index (χ3n) is 4.83. The minimum atomic E-state index is -0.685. The second kappa shape index (κ2) is 8.00. The van der Waals surface area contributed by atoms with E-state index < -0.39 is 17.5 Å². The third kappa shape index (κ3) is 3.84. The fourth-order valence-electron chi connectivity index (χ4n) is 3.35. The molecule has 0 spiro atoms. The Morgan fingerprint density at radius 2 is 1.83 bits per heavy atom. The summed E-state index contributed by atoms with van der Waals surface area (Å²) in [5, 5.41) is 0. The van der Waals surface area contributed by atoms with E-state index in [-0.39, 0.29) is 23.7 Å². The first-order chi connectivity index (χ1) is 14.0. The highest BCUT2D eigenvalue weighted by atomic mass is 19.1. The average molecular weight is 399 g/mol. The maximum Gasteiger partial charge on any atom is 0.280 e. The van der Waals surface area contributed by atoms with Crippen LogP contribution in [0.1, 0.15) is 21.5 Å². The Balaban J connectivity index is 1.67. The van der Waals surface area contributed by atoms with Gasteiger partial charge in [0.05, 0.1) is 18.8 Å². The molecule has 8 heteroatoms. The lowest BCUT2D eigenvalue weighted by Gasteiger charge is -2.27. The Hall–Kier alpha value is -3.26. The first-order valence-corrected chi connectivity index (χ1v) is 9.17. The van der Waals surface area contributed by atoms with Crippen molar-refractivity contribution in [3.05, 3.63) is 70.8 Å². The molecule has 0 aromatic heterocycles. The molecule has 1 fully saturated rings. The summed E-state index contributed by atoms with van der Waals surface area (Å²) in [6.45, 7) is 2.32. The lowest BCUT2D eigenvalue weighted by molar-refractivity contribution is 0.0671. The van der Waals surface area contributed by atoms with Crippen LogP contribution in [0.3, 0.4) is 0 Å². The van der Waals surface area contributed by atoms with Crippen molar-refractivity contribution in [2.75, 3.05) is 32.9 Å². The SMILES string of the molecule is N/C(=N\C(=O)c1ccc2c(c1)C(c1c(F)cccc1F)=CCO2)N1CCOCC1. The van der Waals surface area contributed by atoms with E-state index in [0.717, 1.165) is 0 Å². The van der Waals surface area contributed by atoms with Crippen LogP contribution in [0.4, 0.5) is 8.78 Å². The molecule has 6 nitrogen and oxygen atoms in total. The van der Waals surface area contributed by atoms with Gasteiger partial charge in [0.2, 0.25) is 0 Å². The Morgan fingerprint density at radius 1 is 1.10 bits per heavy atom. The predicted molar refractivity (Wildman–Crippen MR) is 104 cm³/mol. The number of rotatable bonds is 2. The average Bonchev–Trinajstić information content (AvgIpc) is 2.74. The first-order valence-electron chi connectivity index (χ1n) is 9.17. The predicted octanol–water partition coefficient (Wildman–Crippen LogP) is 2.58. The highest BCUT2D eigenvalue weighted by Gasteiger charge is 2.23. The molecule has 0 atom stereocenters. The van der Waals surface area contributed by atoms with Crippen molar-refractivity contribution in [1.29, 1.82) is 0 Å². The number of guanidine groups is 1. The van der Waals surface area contributed by atoms with Crippen LogP contribution in [0.25, 0.3) is 5.57 Å². The summed E-state index contributed by atoms with van der Waals surface area (Å²) < 4.78 is 39.5. The molecule has 2 N–H and O–H groups in total. The Morgan fingerprint density at radius 3 is 2.55 bits per heavy atom. The quantitative estimate of drug-likeness (QED) is 0.621. The van der Waals surface area contributed by atoms with Crippen molar-refractivity contribution in [1.82, 2.24) is 4.90 Å². The number of carbonyl (C=O) groups excluding carboxylic acids is 1. The Kier molecular flexibility index (Phi) is 5.26. The lowest BCUT2D eigenvalue weighted by Crippen LogP contribution is -2.45. The van der Waals surface area contributed by atoms with Crippen LogP contribution < -0.4 is 10.5 Å². The topological polar surface area (TPSA) is 77.1 Å². The Labute approximate surface area is 166 Å². The largest absolute Gasteiger partial charge is 0.489 e. The zero-order valence-electron chi connectivity index (χ0n) is 15.5. The standard InChI is InChI=1S/C21H19F2N3O3/c22-16-2-1-3-17(23)19(16)14-6-9-29-18-5-4-13(12-15(14)18)20(27)25-21(24)26-7-10-28-11-8-26/h1-6,12H,7-11H2,(H2,24,25,27). The number of morpholine rings is 1. The van der Waals surface area contributed by atoms with Gasteiger partial charge in [0.25, 0.3) is 5.91 Å². The molecule has 29 heavy (non-hydrogen) atoms. The number of fused-ring (bicyclic) bond motifs is 1. The number of benzene rings is 2. The van der Waals surface area contributed by atoms with Crippen molar-refractivity contribution in [2.24, 2.45) is 10.7 Å². The van der Waals surface area contributed by atoms with Crippen LogP contribution in [-0.4, -0.2) is 49.7 Å². The van der Waals surface area contributed by atoms with Gasteiger partial charge < -0.3 is 20.1 Å². The molecule has 0 radical (unpaired) electrons. The van der Waals surface area contributed by atoms with Gasteiger partial charge in [0, 0.05) is 24.2 Å². The number of ether oxygens (including phenoxy) is 2. The molecule has 4 rings (SSSR count). The summed E-state index contributed by atoms with van der Waals surface area (Å²) >= 11 is 0. The zero-order chi connectivity index (χ0) is 20.4. The number of hydrogen-bond acceptors (Lipinski definition) is 3. The smallest absolute Gasteiger partial charge is 0.280 e. The molecule has 150 valence electrons. The third-order valence-corrected chi connectivity index (χ3v) is 4.83. The summed E-state index contributed by atoms with van der Waals surface area (Å²) in [5.74, 6) is -1.36. The van der Waals surface area contributed by atoms with Gasteiger partial charge in [-0.25, -0.2) is 8.78 Å². The summed E-state index contributed by atoms with van der Waals surface area (Å²) in [7, 11) is 0. The molecule has 1 saturated heterocycles. The maximum absolute atomic E-state index is 14.3. The number of halogens is 2. The van der Waals surface area contributed by atoms with E-state index in [4.69, 9.17) is 15.2 Å². The van der Waals surface area contributed by atoms with Crippen molar-refractivity contribution in [3.63, 3.8) is 0 Å². The highest BCUT2D eigenvalue weighted by Crippen LogP contribution is 2.37. The minimum Gasteiger partial charge on any atom is -0.489 e. The fraction of sp³-hybridized carbons (Fsp3) is 0.238. The highest BCUT2D eigenvalue weighted by molar-refractivity contribution is 6.03. The minimum absolute atomic E-state index is 0.114. The molecule has 2 aliphatic rings. The summed E-state index contributed by atoms with van der Waals surface area (Å²) in [6, 6.07) is 8.35. The molecule has 0 aliphatic carbocycles. The second-order valence-electron chi connectivity index (χ2n) is 6.61. The van der Waals surface area contributed by atoms with Crippen molar-refractivity contribution in [2.45, 2.75) is 0 Å². The number of nitrogens with zero attached hydrogens (tertiary/aromatic N) is 2. The molecule has 1 amide bonds. The Bertz CT molecular complexity index is 994. The van der Waals surface area contributed by atoms with E-state index in [0.29, 0.717) is 43.2 Å². The van der Waals surface area contributed by atoms with Crippen LogP contribution in [0.5, 0.6) is 5.75 Å². The van der Waals surface area contributed by atoms with E-state index in [1.807, 2.05) is 0 Å². The number of amides is 1. The van der Waals surface area contributed by atoms with Gasteiger partial charge in [-0.3, -0.25) is 4.79 Å². The van der Waals surface area contributed by atoms with Gasteiger partial charge in [-0.1, -0.05) is 6.07 Å². The van der Waals surface area contributed by atoms with Crippen molar-refractivity contribution >= 4 is 17.4 Å². The van der Waals surface area contributed by atoms with Gasteiger partial charge in [-0.15, -0.1) is 0 Å². The van der Waals surface area contributed by atoms with Crippen LogP contribution in [0, 0.1) is 11.6 Å². The lowest BCUT2D eigenvalue weighted by atomic mass is 9.93. The summed E-state index contributed by atoms with van der Waals surface area (Å²) in [6.07, 6.45) is 1.59. The molecular formula is C21H19F2N3O3. The molecule has 2 aromatic carbocycles. The number of carbonyl (C=O) groups is 1. The van der Waals surface area contributed by atoms with E-state index in [1.165, 1.54) is 24.3 Å². The fourth-order valence-corrected chi connectivity index (χ4v) is 3.35. The van der Waals surface area contributed by atoms with Crippen molar-refractivity contribution in [3.8, 4) is 5.75 Å². The molecular weight excluding hydrogens is 380 g/mol. The van der Waals surface area contributed by atoms with Gasteiger partial charge >= 0.3 is 0 Å². The van der Waals surface area contributed by atoms with Crippen LogP contribution in [0.15, 0.2) is 47.5 Å².